The van der Waals surface area contributed by atoms with E-state index in [1.165, 1.54) is 25.7 Å². The van der Waals surface area contributed by atoms with E-state index < -0.39 is 8.32 Å². The smallest absolute Gasteiger partial charge is 0.192 e. The third kappa shape index (κ3) is 3.31. The van der Waals surface area contributed by atoms with Crippen LogP contribution in [0.3, 0.4) is 0 Å². The maximum absolute atomic E-state index is 12.7. The number of hydrogen-bond donors (Lipinski definition) is 0. The Kier molecular flexibility index (Phi) is 4.90. The van der Waals surface area contributed by atoms with Crippen molar-refractivity contribution in [1.82, 2.24) is 0 Å². The van der Waals surface area contributed by atoms with E-state index in [0.29, 0.717) is 29.1 Å². The van der Waals surface area contributed by atoms with Crippen molar-refractivity contribution in [3.05, 3.63) is 11.6 Å². The second kappa shape index (κ2) is 6.33. The molecule has 0 spiro atoms. The molecule has 0 aromatic rings. The van der Waals surface area contributed by atoms with Crippen LogP contribution in [0.1, 0.15) is 73.1 Å². The standard InChI is InChI=1S/C22H38O2Si/c1-15-8-11-19-18(20(15)23)10-9-16-14-17(12-13-22(16,19)5)24-25(6,7)21(2,3)4/h8,16-19H,9-14H2,1-7H3/t16-,17+,18-,19+,22+/m1/s1. The lowest BCUT2D eigenvalue weighted by Crippen LogP contribution is -2.52. The first-order valence-corrected chi connectivity index (χ1v) is 13.3. The van der Waals surface area contributed by atoms with Gasteiger partial charge in [-0.25, -0.2) is 0 Å². The van der Waals surface area contributed by atoms with E-state index in [0.717, 1.165) is 24.3 Å². The summed E-state index contributed by atoms with van der Waals surface area (Å²) in [5, 5.41) is 0.281. The van der Waals surface area contributed by atoms with E-state index in [4.69, 9.17) is 4.43 Å². The van der Waals surface area contributed by atoms with Crippen LogP contribution in [0.25, 0.3) is 0 Å². The van der Waals surface area contributed by atoms with Crippen molar-refractivity contribution in [3.8, 4) is 0 Å². The van der Waals surface area contributed by atoms with Gasteiger partial charge in [-0.15, -0.1) is 0 Å². The maximum atomic E-state index is 12.7. The van der Waals surface area contributed by atoms with Crippen LogP contribution in [-0.4, -0.2) is 20.2 Å². The Hall–Kier alpha value is -0.413. The first kappa shape index (κ1) is 19.4. The Morgan fingerprint density at radius 3 is 2.52 bits per heavy atom. The third-order valence-corrected chi connectivity index (χ3v) is 12.8. The lowest BCUT2D eigenvalue weighted by Gasteiger charge is -2.56. The van der Waals surface area contributed by atoms with E-state index in [1.807, 2.05) is 6.92 Å². The lowest BCUT2D eigenvalue weighted by atomic mass is 9.50. The zero-order valence-corrected chi connectivity index (χ0v) is 18.4. The molecule has 25 heavy (non-hydrogen) atoms. The van der Waals surface area contributed by atoms with E-state index in [2.05, 4.69) is 46.9 Å². The van der Waals surface area contributed by atoms with Crippen molar-refractivity contribution < 1.29 is 9.22 Å². The van der Waals surface area contributed by atoms with Crippen molar-refractivity contribution in [2.75, 3.05) is 0 Å². The van der Waals surface area contributed by atoms with E-state index in [-0.39, 0.29) is 5.04 Å². The molecule has 0 bridgehead atoms. The molecule has 0 heterocycles. The molecule has 3 heteroatoms. The predicted octanol–water partition coefficient (Wildman–Crippen LogP) is 6.13. The van der Waals surface area contributed by atoms with Gasteiger partial charge in [0.2, 0.25) is 0 Å². The van der Waals surface area contributed by atoms with Gasteiger partial charge in [0.25, 0.3) is 0 Å². The Bertz CT molecular complexity index is 571. The second-order valence-electron chi connectivity index (χ2n) is 10.8. The molecule has 2 fully saturated rings. The topological polar surface area (TPSA) is 26.3 Å². The second-order valence-corrected chi connectivity index (χ2v) is 15.5. The van der Waals surface area contributed by atoms with Gasteiger partial charge in [0.1, 0.15) is 0 Å². The van der Waals surface area contributed by atoms with Crippen LogP contribution in [0.15, 0.2) is 11.6 Å². The Labute approximate surface area is 155 Å². The van der Waals surface area contributed by atoms with Crippen LogP contribution in [0.5, 0.6) is 0 Å². The average Bonchev–Trinajstić information content (AvgIpc) is 2.50. The lowest BCUT2D eigenvalue weighted by molar-refractivity contribution is -0.132. The zero-order chi connectivity index (χ0) is 18.6. The number of fused-ring (bicyclic) bond motifs is 3. The summed E-state index contributed by atoms with van der Waals surface area (Å²) in [5.74, 6) is 2.04. The molecule has 5 atom stereocenters. The molecule has 0 amide bonds. The summed E-state index contributed by atoms with van der Waals surface area (Å²) in [6.45, 7) is 16.3. The molecular weight excluding hydrogens is 324 g/mol. The highest BCUT2D eigenvalue weighted by atomic mass is 28.4. The van der Waals surface area contributed by atoms with Gasteiger partial charge in [0, 0.05) is 12.0 Å². The fourth-order valence-corrected chi connectivity index (χ4v) is 6.90. The normalized spacial score (nSPS) is 39.5. The van der Waals surface area contributed by atoms with E-state index in [1.54, 1.807) is 0 Å². The van der Waals surface area contributed by atoms with Gasteiger partial charge in [0.15, 0.2) is 14.1 Å². The Morgan fingerprint density at radius 1 is 1.20 bits per heavy atom. The Balaban J connectivity index is 1.73. The minimum Gasteiger partial charge on any atom is -0.414 e. The highest BCUT2D eigenvalue weighted by Gasteiger charge is 2.53. The molecule has 0 N–H and O–H groups in total. The Morgan fingerprint density at radius 2 is 1.88 bits per heavy atom. The molecular formula is C22H38O2Si. The number of rotatable bonds is 2. The first-order chi connectivity index (χ1) is 11.5. The van der Waals surface area contributed by atoms with E-state index in [9.17, 15) is 4.79 Å². The quantitative estimate of drug-likeness (QED) is 0.552. The number of Topliss-reactive ketones (excluding diaryl/α,β-unsaturated/α-hetero) is 1. The highest BCUT2D eigenvalue weighted by molar-refractivity contribution is 6.74. The van der Waals surface area contributed by atoms with Gasteiger partial charge in [-0.05, 0) is 86.4 Å². The summed E-state index contributed by atoms with van der Waals surface area (Å²) in [6, 6.07) is 0. The van der Waals surface area contributed by atoms with Crippen molar-refractivity contribution in [2.45, 2.75) is 97.4 Å². The van der Waals surface area contributed by atoms with Crippen LogP contribution >= 0.6 is 0 Å². The molecule has 0 aromatic carbocycles. The summed E-state index contributed by atoms with van der Waals surface area (Å²) in [6.07, 6.45) is 9.71. The van der Waals surface area contributed by atoms with Gasteiger partial charge in [-0.2, -0.15) is 0 Å². The van der Waals surface area contributed by atoms with Gasteiger partial charge in [-0.3, -0.25) is 4.79 Å². The van der Waals surface area contributed by atoms with Gasteiger partial charge in [-0.1, -0.05) is 33.8 Å². The van der Waals surface area contributed by atoms with Gasteiger partial charge >= 0.3 is 0 Å². The van der Waals surface area contributed by atoms with Crippen molar-refractivity contribution in [3.63, 3.8) is 0 Å². The minimum atomic E-state index is -1.69. The molecule has 3 aliphatic carbocycles. The monoisotopic (exact) mass is 362 g/mol. The molecule has 0 aliphatic heterocycles. The molecule has 3 aliphatic rings. The summed E-state index contributed by atoms with van der Waals surface area (Å²) >= 11 is 0. The average molecular weight is 363 g/mol. The number of ketones is 1. The summed E-state index contributed by atoms with van der Waals surface area (Å²) < 4.78 is 6.77. The van der Waals surface area contributed by atoms with Crippen LogP contribution in [-0.2, 0) is 9.22 Å². The predicted molar refractivity (Wildman–Crippen MR) is 107 cm³/mol. The molecule has 2 nitrogen and oxygen atoms in total. The highest BCUT2D eigenvalue weighted by Crippen LogP contribution is 2.58. The maximum Gasteiger partial charge on any atom is 0.192 e. The summed E-state index contributed by atoms with van der Waals surface area (Å²) in [5.41, 5.74) is 1.35. The van der Waals surface area contributed by atoms with Crippen LogP contribution < -0.4 is 0 Å². The van der Waals surface area contributed by atoms with Gasteiger partial charge < -0.3 is 4.43 Å². The molecule has 0 radical (unpaired) electrons. The molecule has 3 rings (SSSR count). The van der Waals surface area contributed by atoms with Crippen molar-refractivity contribution >= 4 is 14.1 Å². The SMILES string of the molecule is CC1=CC[C@H]2[C@@H](CC[C@@H]3C[C@@H](O[Si](C)(C)C(C)(C)C)CC[C@@]32C)C1=O. The number of carbonyl (C=O) groups excluding carboxylic acids is 1. The van der Waals surface area contributed by atoms with Crippen LogP contribution in [0.2, 0.25) is 18.1 Å². The zero-order valence-electron chi connectivity index (χ0n) is 17.4. The van der Waals surface area contributed by atoms with Crippen molar-refractivity contribution in [2.24, 2.45) is 23.2 Å². The van der Waals surface area contributed by atoms with Crippen molar-refractivity contribution in [1.29, 1.82) is 0 Å². The van der Waals surface area contributed by atoms with Gasteiger partial charge in [0.05, 0.1) is 0 Å². The summed E-state index contributed by atoms with van der Waals surface area (Å²) in [7, 11) is -1.69. The number of allylic oxidation sites excluding steroid dienone is 2. The van der Waals surface area contributed by atoms with E-state index >= 15 is 0 Å². The fraction of sp³-hybridized carbons (Fsp3) is 0.864. The molecule has 142 valence electrons. The number of carbonyl (C=O) groups is 1. The van der Waals surface area contributed by atoms with Crippen LogP contribution in [0.4, 0.5) is 0 Å². The summed E-state index contributed by atoms with van der Waals surface area (Å²) in [4.78, 5) is 12.7. The first-order valence-electron chi connectivity index (χ1n) is 10.3. The number of hydrogen-bond acceptors (Lipinski definition) is 2. The molecule has 0 unspecified atom stereocenters. The third-order valence-electron chi connectivity index (χ3n) is 8.31. The molecule has 0 aromatic heterocycles. The van der Waals surface area contributed by atoms with Crippen LogP contribution in [0, 0.1) is 23.2 Å². The molecule has 2 saturated carbocycles. The fourth-order valence-electron chi connectivity index (χ4n) is 5.50. The minimum absolute atomic E-state index is 0.281. The molecule has 0 saturated heterocycles. The largest absolute Gasteiger partial charge is 0.414 e.